The summed E-state index contributed by atoms with van der Waals surface area (Å²) >= 11 is 0. The molecule has 0 atom stereocenters. The minimum absolute atomic E-state index is 0.136. The number of nitrogens with one attached hydrogen (secondary N) is 1. The van der Waals surface area contributed by atoms with Crippen LogP contribution in [0, 0.1) is 0 Å². The molecule has 0 aliphatic carbocycles. The van der Waals surface area contributed by atoms with Gasteiger partial charge in [-0.2, -0.15) is 14.8 Å². The van der Waals surface area contributed by atoms with Gasteiger partial charge >= 0.3 is 6.01 Å². The number of nitrogens with zero attached hydrogens (tertiary/aromatic N) is 4. The van der Waals surface area contributed by atoms with Gasteiger partial charge < -0.3 is 4.42 Å². The van der Waals surface area contributed by atoms with Crippen molar-refractivity contribution in [1.82, 2.24) is 19.8 Å². The Morgan fingerprint density at radius 1 is 1.04 bits per heavy atom. The first-order valence-electron chi connectivity index (χ1n) is 6.93. The number of hydrogen-bond acceptors (Lipinski definition) is 5. The van der Waals surface area contributed by atoms with E-state index in [-0.39, 0.29) is 11.9 Å². The molecule has 3 aromatic heterocycles. The zero-order valence-corrected chi connectivity index (χ0v) is 11.9. The molecule has 23 heavy (non-hydrogen) atoms. The van der Waals surface area contributed by atoms with Crippen molar-refractivity contribution in [1.29, 1.82) is 0 Å². The second-order valence-corrected chi connectivity index (χ2v) is 4.81. The van der Waals surface area contributed by atoms with Crippen LogP contribution < -0.4 is 5.32 Å². The molecule has 1 N–H and O–H groups in total. The molecule has 3 heterocycles. The van der Waals surface area contributed by atoms with Crippen LogP contribution in [0.15, 0.2) is 65.5 Å². The molecule has 0 saturated carbocycles. The third kappa shape index (κ3) is 2.44. The maximum absolute atomic E-state index is 12.3. The number of rotatable bonds is 3. The number of benzene rings is 1. The molecule has 7 heteroatoms. The van der Waals surface area contributed by atoms with Gasteiger partial charge in [0.2, 0.25) is 0 Å². The van der Waals surface area contributed by atoms with Gasteiger partial charge in [0.05, 0.1) is 18.0 Å². The molecule has 1 amide bonds. The molecule has 0 aliphatic heterocycles. The van der Waals surface area contributed by atoms with Gasteiger partial charge in [0.15, 0.2) is 5.76 Å². The molecular formula is C16H11N5O2. The third-order valence-electron chi connectivity index (χ3n) is 3.33. The molecule has 0 saturated heterocycles. The number of hydrogen-bond donors (Lipinski definition) is 1. The molecule has 0 fully saturated rings. The van der Waals surface area contributed by atoms with E-state index >= 15 is 0 Å². The second kappa shape index (κ2) is 5.38. The van der Waals surface area contributed by atoms with Crippen molar-refractivity contribution in [3.8, 4) is 11.3 Å². The number of carbonyl (C=O) groups excluding carboxylic acids is 1. The molecule has 7 nitrogen and oxygen atoms in total. The quantitative estimate of drug-likeness (QED) is 0.629. The van der Waals surface area contributed by atoms with Crippen LogP contribution in [0.3, 0.4) is 0 Å². The first-order valence-corrected chi connectivity index (χ1v) is 6.93. The maximum Gasteiger partial charge on any atom is 0.302 e. The van der Waals surface area contributed by atoms with E-state index in [1.165, 1.54) is 10.8 Å². The summed E-state index contributed by atoms with van der Waals surface area (Å²) in [7, 11) is 0. The van der Waals surface area contributed by atoms with Crippen molar-refractivity contribution in [2.75, 3.05) is 5.32 Å². The highest BCUT2D eigenvalue weighted by molar-refractivity contribution is 6.07. The summed E-state index contributed by atoms with van der Waals surface area (Å²) in [5.74, 6) is 0.233. The van der Waals surface area contributed by atoms with Crippen LogP contribution in [-0.2, 0) is 0 Å². The van der Waals surface area contributed by atoms with Gasteiger partial charge in [-0.25, -0.2) is 4.98 Å². The van der Waals surface area contributed by atoms with Crippen molar-refractivity contribution < 1.29 is 9.21 Å². The summed E-state index contributed by atoms with van der Waals surface area (Å²) in [4.78, 5) is 16.4. The molecule has 0 bridgehead atoms. The Bertz CT molecular complexity index is 974. The number of anilines is 1. The first-order chi connectivity index (χ1) is 11.3. The molecule has 1 aromatic carbocycles. The lowest BCUT2D eigenvalue weighted by Gasteiger charge is -1.99. The first kappa shape index (κ1) is 13.2. The van der Waals surface area contributed by atoms with Crippen LogP contribution in [0.5, 0.6) is 0 Å². The van der Waals surface area contributed by atoms with Crippen LogP contribution in [-0.4, -0.2) is 25.7 Å². The minimum atomic E-state index is -0.352. The van der Waals surface area contributed by atoms with Gasteiger partial charge in [-0.15, -0.1) is 0 Å². The lowest BCUT2D eigenvalue weighted by molar-refractivity contribution is 0.102. The number of fused-ring (bicyclic) bond motifs is 1. The molecule has 0 spiro atoms. The molecule has 0 unspecified atom stereocenters. The normalized spacial score (nSPS) is 10.8. The van der Waals surface area contributed by atoms with E-state index in [9.17, 15) is 4.79 Å². The van der Waals surface area contributed by atoms with E-state index in [0.29, 0.717) is 16.8 Å². The van der Waals surface area contributed by atoms with Crippen molar-refractivity contribution in [3.63, 3.8) is 0 Å². The summed E-state index contributed by atoms with van der Waals surface area (Å²) in [5, 5.41) is 10.7. The largest absolute Gasteiger partial charge is 0.423 e. The molecule has 112 valence electrons. The standard InChI is InChI=1S/C16H11N5O2/c22-15(12-9-19-21-13(12)7-4-8-18-21)20-16-17-10-14(23-16)11-5-2-1-3-6-11/h1-10H,(H,17,20,22). The summed E-state index contributed by atoms with van der Waals surface area (Å²) in [6.07, 6.45) is 4.63. The predicted molar refractivity (Wildman–Crippen MR) is 82.9 cm³/mol. The van der Waals surface area contributed by atoms with E-state index in [0.717, 1.165) is 5.56 Å². The van der Waals surface area contributed by atoms with Crippen LogP contribution in [0.2, 0.25) is 0 Å². The van der Waals surface area contributed by atoms with Gasteiger partial charge in [-0.05, 0) is 12.1 Å². The van der Waals surface area contributed by atoms with Gasteiger partial charge in [0.25, 0.3) is 5.91 Å². The summed E-state index contributed by atoms with van der Waals surface area (Å²) in [5.41, 5.74) is 1.90. The van der Waals surface area contributed by atoms with Crippen LogP contribution >= 0.6 is 0 Å². The highest BCUT2D eigenvalue weighted by Gasteiger charge is 2.15. The van der Waals surface area contributed by atoms with Crippen LogP contribution in [0.1, 0.15) is 10.4 Å². The van der Waals surface area contributed by atoms with E-state index in [4.69, 9.17) is 4.42 Å². The fraction of sp³-hybridized carbons (Fsp3) is 0. The lowest BCUT2D eigenvalue weighted by Crippen LogP contribution is -2.11. The van der Waals surface area contributed by atoms with E-state index < -0.39 is 0 Å². The summed E-state index contributed by atoms with van der Waals surface area (Å²) < 4.78 is 6.95. The van der Waals surface area contributed by atoms with E-state index in [2.05, 4.69) is 20.5 Å². The number of amides is 1. The molecule has 4 aromatic rings. The predicted octanol–water partition coefficient (Wildman–Crippen LogP) is 2.64. The zero-order chi connectivity index (χ0) is 15.6. The van der Waals surface area contributed by atoms with E-state index in [1.807, 2.05) is 30.3 Å². The minimum Gasteiger partial charge on any atom is -0.423 e. The number of aromatic nitrogens is 4. The monoisotopic (exact) mass is 305 g/mol. The second-order valence-electron chi connectivity index (χ2n) is 4.81. The fourth-order valence-electron chi connectivity index (χ4n) is 2.24. The average Bonchev–Trinajstić information content (AvgIpc) is 3.22. The molecule has 0 radical (unpaired) electrons. The lowest BCUT2D eigenvalue weighted by atomic mass is 10.2. The Labute approximate surface area is 130 Å². The van der Waals surface area contributed by atoms with Gasteiger partial charge in [-0.3, -0.25) is 10.1 Å². The smallest absolute Gasteiger partial charge is 0.302 e. The Morgan fingerprint density at radius 2 is 1.91 bits per heavy atom. The van der Waals surface area contributed by atoms with Crippen molar-refractivity contribution >= 4 is 17.4 Å². The maximum atomic E-state index is 12.3. The fourth-order valence-corrected chi connectivity index (χ4v) is 2.24. The number of carbonyl (C=O) groups is 1. The Hall–Kier alpha value is -3.48. The molecule has 4 rings (SSSR count). The van der Waals surface area contributed by atoms with Gasteiger partial charge in [0.1, 0.15) is 5.52 Å². The summed E-state index contributed by atoms with van der Waals surface area (Å²) in [6, 6.07) is 13.2. The third-order valence-corrected chi connectivity index (χ3v) is 3.33. The molecule has 0 aliphatic rings. The van der Waals surface area contributed by atoms with Crippen LogP contribution in [0.4, 0.5) is 6.01 Å². The van der Waals surface area contributed by atoms with Crippen LogP contribution in [0.25, 0.3) is 16.8 Å². The highest BCUT2D eigenvalue weighted by atomic mass is 16.4. The van der Waals surface area contributed by atoms with Crippen molar-refractivity contribution in [3.05, 3.63) is 66.6 Å². The Balaban J connectivity index is 1.59. The Kier molecular flexibility index (Phi) is 3.09. The van der Waals surface area contributed by atoms with E-state index in [1.54, 1.807) is 24.5 Å². The van der Waals surface area contributed by atoms with Crippen molar-refractivity contribution in [2.24, 2.45) is 0 Å². The molecular weight excluding hydrogens is 294 g/mol. The SMILES string of the molecule is O=C(Nc1ncc(-c2ccccc2)o1)c1cnn2ncccc12. The highest BCUT2D eigenvalue weighted by Crippen LogP contribution is 2.22. The van der Waals surface area contributed by atoms with Crippen molar-refractivity contribution in [2.45, 2.75) is 0 Å². The van der Waals surface area contributed by atoms with Gasteiger partial charge in [0, 0.05) is 11.8 Å². The Morgan fingerprint density at radius 3 is 2.78 bits per heavy atom. The average molecular weight is 305 g/mol. The summed E-state index contributed by atoms with van der Waals surface area (Å²) in [6.45, 7) is 0. The number of oxazole rings is 1. The zero-order valence-electron chi connectivity index (χ0n) is 11.9. The topological polar surface area (TPSA) is 85.3 Å². The van der Waals surface area contributed by atoms with Gasteiger partial charge in [-0.1, -0.05) is 30.3 Å².